The van der Waals surface area contributed by atoms with E-state index >= 15 is 0 Å². The smallest absolute Gasteiger partial charge is 0.316 e. The molecule has 5 N–H and O–H groups in total. The highest BCUT2D eigenvalue weighted by atomic mass is 16.2. The van der Waals surface area contributed by atoms with Crippen LogP contribution in [0, 0.1) is 29.1 Å². The van der Waals surface area contributed by atoms with Crippen LogP contribution in [0.3, 0.4) is 0 Å². The minimum absolute atomic E-state index is 0.00699. The van der Waals surface area contributed by atoms with Gasteiger partial charge in [-0.05, 0) is 48.9 Å². The number of primary amides is 1. The van der Waals surface area contributed by atoms with Crippen LogP contribution in [0.25, 0.3) is 0 Å². The third-order valence-corrected chi connectivity index (χ3v) is 8.39. The van der Waals surface area contributed by atoms with Crippen LogP contribution in [0.4, 0.5) is 4.79 Å². The van der Waals surface area contributed by atoms with Gasteiger partial charge in [-0.15, -0.1) is 0 Å². The van der Waals surface area contributed by atoms with E-state index in [9.17, 15) is 28.8 Å². The van der Waals surface area contributed by atoms with E-state index in [1.807, 2.05) is 41.5 Å². The first kappa shape index (κ1) is 31.5. The van der Waals surface area contributed by atoms with Crippen molar-refractivity contribution in [3.8, 4) is 0 Å². The fourth-order valence-corrected chi connectivity index (χ4v) is 5.59. The van der Waals surface area contributed by atoms with Gasteiger partial charge in [0.15, 0.2) is 5.78 Å². The van der Waals surface area contributed by atoms with E-state index in [-0.39, 0.29) is 29.5 Å². The van der Waals surface area contributed by atoms with E-state index in [0.717, 1.165) is 32.1 Å². The number of amides is 5. The lowest BCUT2D eigenvalue weighted by Gasteiger charge is -2.36. The number of Topliss-reactive ketones (excluding diaryl/α,β-unsaturated/α-hetero) is 2. The molecule has 0 aromatic heterocycles. The predicted octanol–water partition coefficient (Wildman–Crippen LogP) is 1.67. The second-order valence-corrected chi connectivity index (χ2v) is 13.5. The number of hydrogen-bond donors (Lipinski definition) is 4. The van der Waals surface area contributed by atoms with Crippen LogP contribution in [0.15, 0.2) is 0 Å². The summed E-state index contributed by atoms with van der Waals surface area (Å²) in [7, 11) is 0. The average molecular weight is 562 g/mol. The van der Waals surface area contributed by atoms with E-state index < -0.39 is 59.1 Å². The van der Waals surface area contributed by atoms with Crippen LogP contribution < -0.4 is 21.7 Å². The summed E-state index contributed by atoms with van der Waals surface area (Å²) in [5, 5.41) is 8.27. The summed E-state index contributed by atoms with van der Waals surface area (Å²) in [5.74, 6) is -2.73. The SMILES string of the molecule is CC(C)[C@H](NC(=O)N[C@H](C(=O)N1C[C@H](C)C[C@H]1C(=O)NC(CC1CCC1)C(=O)C(N)=O)C(C)(C)C)C(=O)C1CC1. The third kappa shape index (κ3) is 7.81. The van der Waals surface area contributed by atoms with Crippen molar-refractivity contribution in [3.05, 3.63) is 0 Å². The molecule has 0 aromatic carbocycles. The Morgan fingerprint density at radius 1 is 0.950 bits per heavy atom. The van der Waals surface area contributed by atoms with E-state index in [2.05, 4.69) is 16.0 Å². The largest absolute Gasteiger partial charge is 0.363 e. The molecule has 2 saturated carbocycles. The van der Waals surface area contributed by atoms with E-state index in [4.69, 9.17) is 5.73 Å². The van der Waals surface area contributed by atoms with Gasteiger partial charge in [0.05, 0.1) is 12.1 Å². The Bertz CT molecular complexity index is 1010. The molecule has 2 aliphatic carbocycles. The van der Waals surface area contributed by atoms with Crippen molar-refractivity contribution >= 4 is 35.3 Å². The van der Waals surface area contributed by atoms with Crippen LogP contribution in [-0.4, -0.2) is 70.9 Å². The van der Waals surface area contributed by atoms with Gasteiger partial charge < -0.3 is 26.6 Å². The first-order valence-corrected chi connectivity index (χ1v) is 14.6. The van der Waals surface area contributed by atoms with Crippen molar-refractivity contribution in [3.63, 3.8) is 0 Å². The molecule has 224 valence electrons. The zero-order valence-corrected chi connectivity index (χ0v) is 24.7. The highest BCUT2D eigenvalue weighted by Gasteiger charge is 2.45. The van der Waals surface area contributed by atoms with Crippen molar-refractivity contribution in [1.82, 2.24) is 20.9 Å². The number of nitrogens with one attached hydrogen (secondary N) is 3. The molecule has 1 aliphatic heterocycles. The lowest BCUT2D eigenvalue weighted by Crippen LogP contribution is -2.61. The predicted molar refractivity (Wildman–Crippen MR) is 149 cm³/mol. The molecule has 11 nitrogen and oxygen atoms in total. The zero-order chi connectivity index (χ0) is 29.9. The number of likely N-dealkylation sites (tertiary alicyclic amines) is 1. The van der Waals surface area contributed by atoms with Crippen molar-refractivity contribution in [1.29, 1.82) is 0 Å². The molecular weight excluding hydrogens is 514 g/mol. The zero-order valence-electron chi connectivity index (χ0n) is 24.7. The van der Waals surface area contributed by atoms with Gasteiger partial charge in [-0.25, -0.2) is 4.79 Å². The molecule has 5 amide bonds. The molecule has 1 unspecified atom stereocenters. The summed E-state index contributed by atoms with van der Waals surface area (Å²) >= 11 is 0. The monoisotopic (exact) mass is 561 g/mol. The summed E-state index contributed by atoms with van der Waals surface area (Å²) in [6.45, 7) is 11.4. The van der Waals surface area contributed by atoms with E-state index in [0.29, 0.717) is 19.4 Å². The fourth-order valence-electron chi connectivity index (χ4n) is 5.59. The molecule has 40 heavy (non-hydrogen) atoms. The van der Waals surface area contributed by atoms with E-state index in [1.54, 1.807) is 0 Å². The molecule has 0 spiro atoms. The lowest BCUT2D eigenvalue weighted by molar-refractivity contribution is -0.143. The Morgan fingerprint density at radius 2 is 1.57 bits per heavy atom. The number of hydrogen-bond acceptors (Lipinski definition) is 6. The maximum absolute atomic E-state index is 13.9. The quantitative estimate of drug-likeness (QED) is 0.264. The van der Waals surface area contributed by atoms with Crippen LogP contribution in [0.5, 0.6) is 0 Å². The minimum atomic E-state index is -1.10. The average Bonchev–Trinajstić information content (AvgIpc) is 3.61. The molecule has 3 fully saturated rings. The summed E-state index contributed by atoms with van der Waals surface area (Å²) in [6.07, 6.45) is 5.28. The Morgan fingerprint density at radius 3 is 2.05 bits per heavy atom. The van der Waals surface area contributed by atoms with Crippen LogP contribution >= 0.6 is 0 Å². The lowest BCUT2D eigenvalue weighted by atomic mass is 9.80. The Labute approximate surface area is 237 Å². The summed E-state index contributed by atoms with van der Waals surface area (Å²) in [4.78, 5) is 78.8. The van der Waals surface area contributed by atoms with Crippen LogP contribution in [0.1, 0.15) is 86.5 Å². The first-order chi connectivity index (χ1) is 18.6. The molecule has 0 bridgehead atoms. The summed E-state index contributed by atoms with van der Waals surface area (Å²) in [6, 6.07) is -4.12. The number of nitrogens with zero attached hydrogens (tertiary/aromatic N) is 1. The topological polar surface area (TPSA) is 168 Å². The van der Waals surface area contributed by atoms with Gasteiger partial charge in [0, 0.05) is 12.5 Å². The first-order valence-electron chi connectivity index (χ1n) is 14.6. The second-order valence-electron chi connectivity index (χ2n) is 13.5. The molecule has 0 aromatic rings. The van der Waals surface area contributed by atoms with Crippen molar-refractivity contribution in [2.75, 3.05) is 6.54 Å². The van der Waals surface area contributed by atoms with Gasteiger partial charge in [-0.2, -0.15) is 0 Å². The highest BCUT2D eigenvalue weighted by Crippen LogP contribution is 2.33. The van der Waals surface area contributed by atoms with Gasteiger partial charge >= 0.3 is 6.03 Å². The Balaban J connectivity index is 1.74. The van der Waals surface area contributed by atoms with Gasteiger partial charge in [-0.1, -0.05) is 60.8 Å². The van der Waals surface area contributed by atoms with Crippen molar-refractivity contribution in [2.24, 2.45) is 34.8 Å². The number of nitrogens with two attached hydrogens (primary N) is 1. The van der Waals surface area contributed by atoms with Crippen molar-refractivity contribution in [2.45, 2.75) is 111 Å². The standard InChI is InChI=1S/C29H47N5O6/c1-15(2)21(22(35)18-10-11-18)32-28(40)33-24(29(4,5)6)27(39)34-14-16(3)12-20(34)26(38)31-19(23(36)25(30)37)13-17-8-7-9-17/h15-21,24H,7-14H2,1-6H3,(H2,30,37)(H,31,38)(H2,32,33,40)/t16-,19?,20+,21+,24-/m1/s1. The van der Waals surface area contributed by atoms with Gasteiger partial charge in [-0.3, -0.25) is 24.0 Å². The van der Waals surface area contributed by atoms with Crippen LogP contribution in [-0.2, 0) is 24.0 Å². The molecule has 1 heterocycles. The van der Waals surface area contributed by atoms with E-state index in [1.165, 1.54) is 4.90 Å². The van der Waals surface area contributed by atoms with Crippen molar-refractivity contribution < 1.29 is 28.8 Å². The number of rotatable bonds is 12. The van der Waals surface area contributed by atoms with Gasteiger partial charge in [0.25, 0.3) is 5.91 Å². The Kier molecular flexibility index (Phi) is 10.0. The summed E-state index contributed by atoms with van der Waals surface area (Å²) in [5.41, 5.74) is 4.55. The normalized spacial score (nSPS) is 23.5. The molecule has 0 radical (unpaired) electrons. The number of urea groups is 1. The minimum Gasteiger partial charge on any atom is -0.363 e. The van der Waals surface area contributed by atoms with Gasteiger partial charge in [0.1, 0.15) is 12.1 Å². The number of carbonyl (C=O) groups is 6. The highest BCUT2D eigenvalue weighted by molar-refractivity contribution is 6.37. The second kappa shape index (κ2) is 12.7. The number of carbonyl (C=O) groups excluding carboxylic acids is 6. The summed E-state index contributed by atoms with van der Waals surface area (Å²) < 4.78 is 0. The molecule has 3 rings (SSSR count). The Hall–Kier alpha value is -2.98. The molecular formula is C29H47N5O6. The molecule has 1 saturated heterocycles. The van der Waals surface area contributed by atoms with Gasteiger partial charge in [0.2, 0.25) is 17.6 Å². The fraction of sp³-hybridized carbons (Fsp3) is 0.793. The maximum Gasteiger partial charge on any atom is 0.316 e. The maximum atomic E-state index is 13.9. The number of ketones is 2. The van der Waals surface area contributed by atoms with Crippen LogP contribution in [0.2, 0.25) is 0 Å². The molecule has 5 atom stereocenters. The molecule has 11 heteroatoms. The third-order valence-electron chi connectivity index (χ3n) is 8.39. The molecule has 3 aliphatic rings.